The minimum Gasteiger partial charge on any atom is -0.365 e. The van der Waals surface area contributed by atoms with Gasteiger partial charge in [-0.25, -0.2) is 9.78 Å². The Bertz CT molecular complexity index is 1210. The first-order valence-corrected chi connectivity index (χ1v) is 8.41. The first-order chi connectivity index (χ1) is 13.2. The molecule has 0 aliphatic rings. The van der Waals surface area contributed by atoms with Crippen LogP contribution in [0.2, 0.25) is 0 Å². The zero-order valence-corrected chi connectivity index (χ0v) is 14.3. The molecule has 2 N–H and O–H groups in total. The Hall–Kier alpha value is -3.98. The third-order valence-electron chi connectivity index (χ3n) is 4.24. The lowest BCUT2D eigenvalue weighted by molar-refractivity contribution is 1.05. The summed E-state index contributed by atoms with van der Waals surface area (Å²) in [7, 11) is 0. The van der Waals surface area contributed by atoms with Crippen LogP contribution in [0.3, 0.4) is 0 Å². The second kappa shape index (κ2) is 7.10. The molecule has 0 spiro atoms. The maximum atomic E-state index is 11.7. The van der Waals surface area contributed by atoms with Gasteiger partial charge in [-0.15, -0.1) is 0 Å². The molecule has 6 nitrogen and oxygen atoms in total. The van der Waals surface area contributed by atoms with Crippen LogP contribution in [0, 0.1) is 11.3 Å². The van der Waals surface area contributed by atoms with Crippen LogP contribution in [-0.4, -0.2) is 15.0 Å². The fraction of sp³-hybridized carbons (Fsp3) is 0.0476. The van der Waals surface area contributed by atoms with E-state index in [9.17, 15) is 4.79 Å². The summed E-state index contributed by atoms with van der Waals surface area (Å²) in [6.45, 7) is 0.518. The number of fused-ring (bicyclic) bond motifs is 1. The minimum atomic E-state index is -0.435. The maximum Gasteiger partial charge on any atom is 0.348 e. The van der Waals surface area contributed by atoms with Gasteiger partial charge >= 0.3 is 5.69 Å². The maximum absolute atomic E-state index is 11.7. The number of hydrogen-bond donors (Lipinski definition) is 2. The molecule has 4 aromatic rings. The van der Waals surface area contributed by atoms with Crippen molar-refractivity contribution >= 4 is 16.9 Å². The molecule has 0 radical (unpaired) electrons. The molecule has 6 heteroatoms. The van der Waals surface area contributed by atoms with Gasteiger partial charge in [-0.2, -0.15) is 10.2 Å². The number of nitrogens with one attached hydrogen (secondary N) is 2. The van der Waals surface area contributed by atoms with Gasteiger partial charge in [0.1, 0.15) is 11.5 Å². The van der Waals surface area contributed by atoms with Crippen molar-refractivity contribution in [3.8, 4) is 17.2 Å². The number of rotatable bonds is 4. The Morgan fingerprint density at radius 1 is 1.04 bits per heavy atom. The number of H-pyrrole nitrogens is 1. The van der Waals surface area contributed by atoms with Gasteiger partial charge in [0.25, 0.3) is 0 Å². The van der Waals surface area contributed by atoms with Crippen molar-refractivity contribution in [3.05, 3.63) is 88.5 Å². The van der Waals surface area contributed by atoms with E-state index in [1.807, 2.05) is 36.4 Å². The van der Waals surface area contributed by atoms with Crippen molar-refractivity contribution in [2.24, 2.45) is 0 Å². The van der Waals surface area contributed by atoms with Crippen LogP contribution in [-0.2, 0) is 6.54 Å². The lowest BCUT2D eigenvalue weighted by atomic mass is 10.0. The number of anilines is 1. The van der Waals surface area contributed by atoms with Crippen molar-refractivity contribution in [1.29, 1.82) is 5.26 Å². The first-order valence-electron chi connectivity index (χ1n) is 8.41. The van der Waals surface area contributed by atoms with Gasteiger partial charge in [0.05, 0.1) is 17.0 Å². The highest BCUT2D eigenvalue weighted by Crippen LogP contribution is 2.22. The summed E-state index contributed by atoms with van der Waals surface area (Å²) < 4.78 is 0. The fourth-order valence-electron chi connectivity index (χ4n) is 2.91. The van der Waals surface area contributed by atoms with E-state index in [1.165, 1.54) is 0 Å². The molecule has 0 aliphatic carbocycles. The van der Waals surface area contributed by atoms with Crippen LogP contribution in [0.4, 0.5) is 5.82 Å². The van der Waals surface area contributed by atoms with E-state index < -0.39 is 5.69 Å². The summed E-state index contributed by atoms with van der Waals surface area (Å²) in [6, 6.07) is 21.4. The third-order valence-corrected chi connectivity index (χ3v) is 4.24. The first kappa shape index (κ1) is 16.5. The normalized spacial score (nSPS) is 10.5. The van der Waals surface area contributed by atoms with E-state index in [1.54, 1.807) is 24.4 Å². The summed E-state index contributed by atoms with van der Waals surface area (Å²) in [5, 5.41) is 12.9. The summed E-state index contributed by atoms with van der Waals surface area (Å²) >= 11 is 0. The molecular weight excluding hydrogens is 338 g/mol. The molecule has 0 saturated heterocycles. The molecular formula is C21H15N5O. The minimum absolute atomic E-state index is 0.435. The van der Waals surface area contributed by atoms with Gasteiger partial charge in [-0.05, 0) is 47.0 Å². The van der Waals surface area contributed by atoms with Crippen LogP contribution in [0.25, 0.3) is 22.2 Å². The summed E-state index contributed by atoms with van der Waals surface area (Å²) in [5.74, 6) is 0.505. The highest BCUT2D eigenvalue weighted by atomic mass is 16.1. The second-order valence-electron chi connectivity index (χ2n) is 6.03. The van der Waals surface area contributed by atoms with Crippen LogP contribution in [0.1, 0.15) is 11.1 Å². The summed E-state index contributed by atoms with van der Waals surface area (Å²) in [4.78, 5) is 22.6. The number of aromatic nitrogens is 3. The number of aromatic amines is 1. The zero-order chi connectivity index (χ0) is 18.6. The van der Waals surface area contributed by atoms with E-state index >= 15 is 0 Å². The summed E-state index contributed by atoms with van der Waals surface area (Å²) in [5.41, 5.74) is 3.86. The molecule has 2 aromatic heterocycles. The Balaban J connectivity index is 1.59. The SMILES string of the molecule is N#Cc1ccc(-c2cccc(CNc3nc(=O)[nH]c4ncccc34)c2)cc1. The van der Waals surface area contributed by atoms with Gasteiger partial charge in [-0.1, -0.05) is 30.3 Å². The number of hydrogen-bond acceptors (Lipinski definition) is 5. The number of pyridine rings is 1. The third kappa shape index (κ3) is 3.53. The quantitative estimate of drug-likeness (QED) is 0.586. The predicted molar refractivity (Wildman–Crippen MR) is 104 cm³/mol. The predicted octanol–water partition coefficient (Wildman–Crippen LogP) is 3.47. The monoisotopic (exact) mass is 353 g/mol. The molecule has 0 bridgehead atoms. The molecule has 0 atom stereocenters. The van der Waals surface area contributed by atoms with Gasteiger partial charge in [0.2, 0.25) is 0 Å². The standard InChI is InChI=1S/C21H15N5O/c22-12-14-6-8-16(9-7-14)17-4-1-3-15(11-17)13-24-20-18-5-2-10-23-19(18)25-21(27)26-20/h1-11H,13H2,(H2,23,24,25,26,27). The highest BCUT2D eigenvalue weighted by molar-refractivity contribution is 5.85. The number of nitrogens with zero attached hydrogens (tertiary/aromatic N) is 3. The van der Waals surface area contributed by atoms with E-state index in [4.69, 9.17) is 5.26 Å². The molecule has 4 rings (SSSR count). The van der Waals surface area contributed by atoms with E-state index in [0.717, 1.165) is 22.1 Å². The molecule has 130 valence electrons. The van der Waals surface area contributed by atoms with Gasteiger partial charge in [0, 0.05) is 12.7 Å². The molecule has 27 heavy (non-hydrogen) atoms. The van der Waals surface area contributed by atoms with Crippen molar-refractivity contribution in [1.82, 2.24) is 15.0 Å². The molecule has 0 aliphatic heterocycles. The van der Waals surface area contributed by atoms with Crippen LogP contribution in [0.5, 0.6) is 0 Å². The smallest absolute Gasteiger partial charge is 0.348 e. The molecule has 0 saturated carbocycles. The Morgan fingerprint density at radius 3 is 2.70 bits per heavy atom. The number of benzene rings is 2. The van der Waals surface area contributed by atoms with E-state index in [-0.39, 0.29) is 0 Å². The van der Waals surface area contributed by atoms with Crippen LogP contribution in [0.15, 0.2) is 71.7 Å². The van der Waals surface area contributed by atoms with Crippen molar-refractivity contribution in [3.63, 3.8) is 0 Å². The average molecular weight is 353 g/mol. The van der Waals surface area contributed by atoms with Crippen molar-refractivity contribution in [2.75, 3.05) is 5.32 Å². The van der Waals surface area contributed by atoms with Crippen molar-refractivity contribution < 1.29 is 0 Å². The number of nitriles is 1. The summed E-state index contributed by atoms with van der Waals surface area (Å²) in [6.07, 6.45) is 1.63. The fourth-order valence-corrected chi connectivity index (χ4v) is 2.91. The molecule has 2 heterocycles. The highest BCUT2D eigenvalue weighted by Gasteiger charge is 2.06. The molecule has 2 aromatic carbocycles. The van der Waals surface area contributed by atoms with Gasteiger partial charge in [0.15, 0.2) is 0 Å². The second-order valence-corrected chi connectivity index (χ2v) is 6.03. The topological polar surface area (TPSA) is 94.5 Å². The van der Waals surface area contributed by atoms with Crippen molar-refractivity contribution in [2.45, 2.75) is 6.54 Å². The van der Waals surface area contributed by atoms with Gasteiger partial charge in [-0.3, -0.25) is 4.98 Å². The molecule has 0 fully saturated rings. The largest absolute Gasteiger partial charge is 0.365 e. The van der Waals surface area contributed by atoms with E-state index in [2.05, 4.69) is 32.4 Å². The average Bonchev–Trinajstić information content (AvgIpc) is 2.72. The molecule has 0 unspecified atom stereocenters. The lowest BCUT2D eigenvalue weighted by Gasteiger charge is -2.09. The zero-order valence-electron chi connectivity index (χ0n) is 14.3. The lowest BCUT2D eigenvalue weighted by Crippen LogP contribution is -2.14. The Morgan fingerprint density at radius 2 is 1.89 bits per heavy atom. The van der Waals surface area contributed by atoms with Crippen LogP contribution < -0.4 is 11.0 Å². The Labute approximate surface area is 155 Å². The van der Waals surface area contributed by atoms with Gasteiger partial charge < -0.3 is 5.32 Å². The van der Waals surface area contributed by atoms with Crippen LogP contribution >= 0.6 is 0 Å². The molecule has 0 amide bonds. The van der Waals surface area contributed by atoms with E-state index in [0.29, 0.717) is 23.6 Å². The Kier molecular flexibility index (Phi) is 4.33.